The van der Waals surface area contributed by atoms with Crippen LogP contribution in [-0.2, 0) is 0 Å². The van der Waals surface area contributed by atoms with Crippen molar-refractivity contribution in [3.05, 3.63) is 115 Å². The molecule has 0 fully saturated rings. The first-order valence-corrected chi connectivity index (χ1v) is 10.9. The fourth-order valence-corrected chi connectivity index (χ4v) is 4.06. The molecule has 5 aromatic rings. The number of ether oxygens (including phenoxy) is 1. The monoisotopic (exact) mass is 416 g/mol. The van der Waals surface area contributed by atoms with Gasteiger partial charge in [-0.05, 0) is 55.0 Å². The highest BCUT2D eigenvalue weighted by Gasteiger charge is 2.18. The lowest BCUT2D eigenvalue weighted by Crippen LogP contribution is -1.98. The fraction of sp³-hybridized carbons (Fsp3) is 0.0690. The van der Waals surface area contributed by atoms with Gasteiger partial charge in [0.15, 0.2) is 0 Å². The zero-order chi connectivity index (χ0) is 21.8. The van der Waals surface area contributed by atoms with Crippen LogP contribution in [0.1, 0.15) is 12.5 Å². The molecule has 1 aromatic heterocycles. The summed E-state index contributed by atoms with van der Waals surface area (Å²) in [7, 11) is 0. The standard InChI is InChI=1S/C29H24N2O/c1-2-32-25-19-17-23(18-20-25)30-21-27-26-15-9-10-16-28(26)31(24-13-7-4-8-14-24)29(27)22-11-5-3-6-12-22/h3-21H,2H2,1H3. The summed E-state index contributed by atoms with van der Waals surface area (Å²) in [5.41, 5.74) is 6.57. The van der Waals surface area contributed by atoms with Gasteiger partial charge in [-0.3, -0.25) is 4.99 Å². The molecular formula is C29H24N2O. The van der Waals surface area contributed by atoms with Crippen LogP contribution in [0.15, 0.2) is 114 Å². The molecule has 0 saturated heterocycles. The van der Waals surface area contributed by atoms with E-state index in [2.05, 4.69) is 77.4 Å². The molecule has 0 aliphatic heterocycles. The molecule has 0 N–H and O–H groups in total. The average Bonchev–Trinajstić information content (AvgIpc) is 3.19. The van der Waals surface area contributed by atoms with Crippen LogP contribution in [0.2, 0.25) is 0 Å². The third-order valence-electron chi connectivity index (χ3n) is 5.47. The maximum atomic E-state index is 5.56. The quantitative estimate of drug-likeness (QED) is 0.264. The second-order valence-electron chi connectivity index (χ2n) is 7.50. The van der Waals surface area contributed by atoms with E-state index in [1.165, 1.54) is 5.39 Å². The van der Waals surface area contributed by atoms with Gasteiger partial charge in [-0.15, -0.1) is 0 Å². The van der Waals surface area contributed by atoms with Crippen molar-refractivity contribution < 1.29 is 4.74 Å². The summed E-state index contributed by atoms with van der Waals surface area (Å²) < 4.78 is 7.88. The predicted molar refractivity (Wildman–Crippen MR) is 134 cm³/mol. The van der Waals surface area contributed by atoms with Gasteiger partial charge in [0.25, 0.3) is 0 Å². The largest absolute Gasteiger partial charge is 0.494 e. The molecule has 4 aromatic carbocycles. The molecule has 0 radical (unpaired) electrons. The van der Waals surface area contributed by atoms with Crippen molar-refractivity contribution in [3.8, 4) is 22.7 Å². The molecule has 156 valence electrons. The molecule has 3 nitrogen and oxygen atoms in total. The van der Waals surface area contributed by atoms with Gasteiger partial charge < -0.3 is 9.30 Å². The Morgan fingerprint density at radius 3 is 2.12 bits per heavy atom. The van der Waals surface area contributed by atoms with E-state index < -0.39 is 0 Å². The molecule has 5 rings (SSSR count). The van der Waals surface area contributed by atoms with Gasteiger partial charge in [0.1, 0.15) is 5.75 Å². The van der Waals surface area contributed by atoms with Crippen molar-refractivity contribution in [2.75, 3.05) is 6.61 Å². The number of nitrogens with zero attached hydrogens (tertiary/aromatic N) is 2. The van der Waals surface area contributed by atoms with Crippen molar-refractivity contribution in [2.45, 2.75) is 6.92 Å². The first-order chi connectivity index (χ1) is 15.8. The van der Waals surface area contributed by atoms with Crippen molar-refractivity contribution in [1.82, 2.24) is 4.57 Å². The lowest BCUT2D eigenvalue weighted by atomic mass is 10.1. The van der Waals surface area contributed by atoms with E-state index >= 15 is 0 Å². The van der Waals surface area contributed by atoms with E-state index in [9.17, 15) is 0 Å². The van der Waals surface area contributed by atoms with E-state index in [0.717, 1.165) is 39.5 Å². The number of aliphatic imine (C=N–C) groups is 1. The van der Waals surface area contributed by atoms with Crippen LogP contribution in [0.5, 0.6) is 5.75 Å². The van der Waals surface area contributed by atoms with Crippen LogP contribution in [0.25, 0.3) is 27.8 Å². The number of para-hydroxylation sites is 2. The van der Waals surface area contributed by atoms with Crippen molar-refractivity contribution in [2.24, 2.45) is 4.99 Å². The Bertz CT molecular complexity index is 1350. The predicted octanol–water partition coefficient (Wildman–Crippen LogP) is 7.45. The van der Waals surface area contributed by atoms with Crippen LogP contribution >= 0.6 is 0 Å². The van der Waals surface area contributed by atoms with Crippen LogP contribution in [-0.4, -0.2) is 17.4 Å². The minimum absolute atomic E-state index is 0.655. The Balaban J connectivity index is 1.71. The summed E-state index contributed by atoms with van der Waals surface area (Å²) in [6, 6.07) is 37.4. The first-order valence-electron chi connectivity index (χ1n) is 10.9. The summed E-state index contributed by atoms with van der Waals surface area (Å²) >= 11 is 0. The highest BCUT2D eigenvalue weighted by atomic mass is 16.5. The minimum atomic E-state index is 0.655. The number of hydrogen-bond acceptors (Lipinski definition) is 2. The van der Waals surface area contributed by atoms with Crippen LogP contribution in [0, 0.1) is 0 Å². The van der Waals surface area contributed by atoms with E-state index in [1.54, 1.807) is 0 Å². The summed E-state index contributed by atoms with van der Waals surface area (Å²) in [5, 5.41) is 1.17. The maximum Gasteiger partial charge on any atom is 0.119 e. The topological polar surface area (TPSA) is 26.5 Å². The fourth-order valence-electron chi connectivity index (χ4n) is 4.06. The van der Waals surface area contributed by atoms with E-state index in [0.29, 0.717) is 6.61 Å². The smallest absolute Gasteiger partial charge is 0.119 e. The van der Waals surface area contributed by atoms with Crippen molar-refractivity contribution >= 4 is 22.8 Å². The Kier molecular flexibility index (Phi) is 5.54. The van der Waals surface area contributed by atoms with Crippen molar-refractivity contribution in [3.63, 3.8) is 0 Å². The number of benzene rings is 4. The summed E-state index contributed by atoms with van der Waals surface area (Å²) in [4.78, 5) is 4.83. The highest BCUT2D eigenvalue weighted by Crippen LogP contribution is 2.36. The summed E-state index contributed by atoms with van der Waals surface area (Å²) in [6.07, 6.45) is 1.99. The molecule has 0 aliphatic carbocycles. The SMILES string of the molecule is CCOc1ccc(N=Cc2c(-c3ccccc3)n(-c3ccccc3)c3ccccc23)cc1. The highest BCUT2D eigenvalue weighted by molar-refractivity contribution is 6.08. The van der Waals surface area contributed by atoms with Crippen LogP contribution < -0.4 is 4.74 Å². The van der Waals surface area contributed by atoms with Gasteiger partial charge in [-0.1, -0.05) is 66.7 Å². The van der Waals surface area contributed by atoms with Crippen molar-refractivity contribution in [1.29, 1.82) is 0 Å². The Hall–Kier alpha value is -4.11. The van der Waals surface area contributed by atoms with E-state index in [4.69, 9.17) is 9.73 Å². The summed E-state index contributed by atoms with van der Waals surface area (Å²) in [6.45, 7) is 2.64. The Morgan fingerprint density at radius 1 is 0.750 bits per heavy atom. The van der Waals surface area contributed by atoms with Crippen LogP contribution in [0.3, 0.4) is 0 Å². The zero-order valence-electron chi connectivity index (χ0n) is 18.0. The summed E-state index contributed by atoms with van der Waals surface area (Å²) in [5.74, 6) is 0.858. The Morgan fingerprint density at radius 2 is 1.41 bits per heavy atom. The van der Waals surface area contributed by atoms with E-state index in [-0.39, 0.29) is 0 Å². The lowest BCUT2D eigenvalue weighted by molar-refractivity contribution is 0.340. The molecule has 0 aliphatic rings. The number of fused-ring (bicyclic) bond motifs is 1. The van der Waals surface area contributed by atoms with Gasteiger partial charge >= 0.3 is 0 Å². The first kappa shape index (κ1) is 19.8. The number of hydrogen-bond donors (Lipinski definition) is 0. The average molecular weight is 417 g/mol. The Labute approximate surface area is 188 Å². The third-order valence-corrected chi connectivity index (χ3v) is 5.47. The van der Waals surface area contributed by atoms with Gasteiger partial charge in [0.2, 0.25) is 0 Å². The van der Waals surface area contributed by atoms with E-state index in [1.807, 2.05) is 49.5 Å². The van der Waals surface area contributed by atoms with Gasteiger partial charge in [0.05, 0.1) is 23.5 Å². The lowest BCUT2D eigenvalue weighted by Gasteiger charge is -2.12. The second-order valence-corrected chi connectivity index (χ2v) is 7.50. The molecule has 0 spiro atoms. The second kappa shape index (κ2) is 8.94. The third kappa shape index (κ3) is 3.81. The number of rotatable bonds is 6. The zero-order valence-corrected chi connectivity index (χ0v) is 18.0. The molecule has 32 heavy (non-hydrogen) atoms. The van der Waals surface area contributed by atoms with Gasteiger partial charge in [-0.2, -0.15) is 0 Å². The maximum absolute atomic E-state index is 5.56. The molecule has 0 bridgehead atoms. The molecule has 0 saturated carbocycles. The van der Waals surface area contributed by atoms with Gasteiger partial charge in [-0.25, -0.2) is 0 Å². The van der Waals surface area contributed by atoms with Gasteiger partial charge in [0, 0.05) is 22.9 Å². The molecule has 0 unspecified atom stereocenters. The molecule has 0 atom stereocenters. The molecule has 1 heterocycles. The normalized spacial score (nSPS) is 11.3. The molecule has 0 amide bonds. The minimum Gasteiger partial charge on any atom is -0.494 e. The molecular weight excluding hydrogens is 392 g/mol. The molecule has 3 heteroatoms. The van der Waals surface area contributed by atoms with Crippen LogP contribution in [0.4, 0.5) is 5.69 Å². The number of aromatic nitrogens is 1.